The number of ether oxygens (including phenoxy) is 1. The molecule has 0 bridgehead atoms. The highest BCUT2D eigenvalue weighted by Crippen LogP contribution is 2.23. The lowest BCUT2D eigenvalue weighted by Gasteiger charge is -2.36. The van der Waals surface area contributed by atoms with E-state index in [2.05, 4.69) is 5.32 Å². The minimum atomic E-state index is -0.399. The van der Waals surface area contributed by atoms with E-state index in [9.17, 15) is 4.79 Å². The lowest BCUT2D eigenvalue weighted by molar-refractivity contribution is 0.00868. The van der Waals surface area contributed by atoms with Crippen molar-refractivity contribution in [2.45, 2.75) is 64.5 Å². The summed E-state index contributed by atoms with van der Waals surface area (Å²) in [6.07, 6.45) is 5.48. The van der Waals surface area contributed by atoms with Gasteiger partial charge in [-0.3, -0.25) is 0 Å². The molecule has 0 radical (unpaired) electrons. The molecule has 0 saturated carbocycles. The average molecular weight is 256 g/mol. The van der Waals surface area contributed by atoms with Gasteiger partial charge in [-0.1, -0.05) is 0 Å². The third-order valence-electron chi connectivity index (χ3n) is 3.22. The lowest BCUT2D eigenvalue weighted by Crippen LogP contribution is -2.46. The van der Waals surface area contributed by atoms with Crippen LogP contribution in [0.1, 0.15) is 52.9 Å². The molecule has 1 N–H and O–H groups in total. The third-order valence-corrected chi connectivity index (χ3v) is 3.22. The Balaban J connectivity index is 2.50. The Hall–Kier alpha value is -0.770. The van der Waals surface area contributed by atoms with E-state index < -0.39 is 5.60 Å². The predicted octanol–water partition coefficient (Wildman–Crippen LogP) is 2.78. The van der Waals surface area contributed by atoms with Crippen molar-refractivity contribution < 1.29 is 9.53 Å². The molecule has 1 aliphatic rings. The third kappa shape index (κ3) is 5.25. The number of piperidine rings is 1. The molecule has 1 saturated heterocycles. The van der Waals surface area contributed by atoms with Crippen molar-refractivity contribution in [1.82, 2.24) is 10.2 Å². The summed E-state index contributed by atoms with van der Waals surface area (Å²) >= 11 is 0. The zero-order chi connectivity index (χ0) is 13.6. The molecule has 0 aromatic carbocycles. The van der Waals surface area contributed by atoms with Crippen molar-refractivity contribution in [1.29, 1.82) is 0 Å². The van der Waals surface area contributed by atoms with E-state index in [1.54, 1.807) is 0 Å². The molecular formula is C14H28N2O2. The van der Waals surface area contributed by atoms with Crippen LogP contribution < -0.4 is 5.32 Å². The highest BCUT2D eigenvalue weighted by atomic mass is 16.6. The molecule has 1 aliphatic heterocycles. The molecule has 4 nitrogen and oxygen atoms in total. The van der Waals surface area contributed by atoms with Crippen molar-refractivity contribution in [3.8, 4) is 0 Å². The van der Waals surface area contributed by atoms with Gasteiger partial charge in [0.15, 0.2) is 0 Å². The van der Waals surface area contributed by atoms with Gasteiger partial charge in [-0.2, -0.15) is 0 Å². The molecule has 4 heteroatoms. The fourth-order valence-electron chi connectivity index (χ4n) is 2.38. The first-order chi connectivity index (χ1) is 8.44. The normalized spacial score (nSPS) is 20.9. The molecule has 106 valence electrons. The van der Waals surface area contributed by atoms with Gasteiger partial charge >= 0.3 is 6.09 Å². The highest BCUT2D eigenvalue weighted by molar-refractivity contribution is 5.68. The van der Waals surface area contributed by atoms with Crippen molar-refractivity contribution in [2.75, 3.05) is 20.1 Å². The standard InChI is InChI=1S/C14H28N2O2/c1-14(2,3)18-13(17)16-11-6-5-8-12(16)9-7-10-15-4/h12,15H,5-11H2,1-4H3. The summed E-state index contributed by atoms with van der Waals surface area (Å²) in [5.41, 5.74) is -0.399. The van der Waals surface area contributed by atoms with E-state index in [-0.39, 0.29) is 6.09 Å². The highest BCUT2D eigenvalue weighted by Gasteiger charge is 2.29. The Morgan fingerprint density at radius 3 is 2.72 bits per heavy atom. The summed E-state index contributed by atoms with van der Waals surface area (Å²) in [5.74, 6) is 0. The van der Waals surface area contributed by atoms with Crippen LogP contribution in [0.5, 0.6) is 0 Å². The van der Waals surface area contributed by atoms with Gasteiger partial charge in [-0.25, -0.2) is 4.79 Å². The Labute approximate surface area is 111 Å². The van der Waals surface area contributed by atoms with Gasteiger partial charge in [0.1, 0.15) is 5.60 Å². The number of amides is 1. The molecule has 0 aliphatic carbocycles. The van der Waals surface area contributed by atoms with E-state index in [0.29, 0.717) is 6.04 Å². The van der Waals surface area contributed by atoms with Crippen LogP contribution in [0.2, 0.25) is 0 Å². The van der Waals surface area contributed by atoms with Gasteiger partial charge in [0.05, 0.1) is 0 Å². The minimum absolute atomic E-state index is 0.142. The molecule has 0 spiro atoms. The number of hydrogen-bond acceptors (Lipinski definition) is 3. The van der Waals surface area contributed by atoms with E-state index in [0.717, 1.165) is 38.8 Å². The number of nitrogens with one attached hydrogen (secondary N) is 1. The summed E-state index contributed by atoms with van der Waals surface area (Å²) in [6.45, 7) is 7.62. The summed E-state index contributed by atoms with van der Waals surface area (Å²) in [5, 5.41) is 3.15. The Bertz CT molecular complexity index is 261. The molecule has 1 unspecified atom stereocenters. The van der Waals surface area contributed by atoms with Crippen LogP contribution in [0, 0.1) is 0 Å². The number of nitrogens with zero attached hydrogens (tertiary/aromatic N) is 1. The number of rotatable bonds is 4. The molecule has 0 aromatic heterocycles. The summed E-state index contributed by atoms with van der Waals surface area (Å²) in [6, 6.07) is 0.363. The zero-order valence-corrected chi connectivity index (χ0v) is 12.3. The molecule has 1 amide bonds. The van der Waals surface area contributed by atoms with Crippen LogP contribution >= 0.6 is 0 Å². The summed E-state index contributed by atoms with van der Waals surface area (Å²) in [7, 11) is 1.96. The fraction of sp³-hybridized carbons (Fsp3) is 0.929. The van der Waals surface area contributed by atoms with Crippen LogP contribution in [0.15, 0.2) is 0 Å². The summed E-state index contributed by atoms with van der Waals surface area (Å²) < 4.78 is 5.49. The molecular weight excluding hydrogens is 228 g/mol. The smallest absolute Gasteiger partial charge is 0.410 e. The fourth-order valence-corrected chi connectivity index (χ4v) is 2.38. The molecule has 0 aromatic rings. The Morgan fingerprint density at radius 1 is 1.39 bits per heavy atom. The van der Waals surface area contributed by atoms with Gasteiger partial charge in [0.25, 0.3) is 0 Å². The number of carbonyl (C=O) groups excluding carboxylic acids is 1. The van der Waals surface area contributed by atoms with Crippen LogP contribution in [0.25, 0.3) is 0 Å². The number of carbonyl (C=O) groups is 1. The van der Waals surface area contributed by atoms with Crippen molar-refractivity contribution in [3.05, 3.63) is 0 Å². The monoisotopic (exact) mass is 256 g/mol. The van der Waals surface area contributed by atoms with E-state index in [1.807, 2.05) is 32.7 Å². The first-order valence-electron chi connectivity index (χ1n) is 7.08. The molecule has 1 fully saturated rings. The van der Waals surface area contributed by atoms with Crippen LogP contribution in [0.3, 0.4) is 0 Å². The van der Waals surface area contributed by atoms with E-state index in [1.165, 1.54) is 6.42 Å². The van der Waals surface area contributed by atoms with Crippen LogP contribution in [0.4, 0.5) is 4.79 Å². The van der Waals surface area contributed by atoms with E-state index in [4.69, 9.17) is 4.74 Å². The maximum atomic E-state index is 12.1. The van der Waals surface area contributed by atoms with Gasteiger partial charge in [0.2, 0.25) is 0 Å². The average Bonchev–Trinajstić information content (AvgIpc) is 2.27. The quantitative estimate of drug-likeness (QED) is 0.786. The van der Waals surface area contributed by atoms with Crippen LogP contribution in [-0.2, 0) is 4.74 Å². The van der Waals surface area contributed by atoms with Gasteiger partial charge < -0.3 is 15.0 Å². The first kappa shape index (κ1) is 15.3. The SMILES string of the molecule is CNCCCC1CCCCN1C(=O)OC(C)(C)C. The van der Waals surface area contributed by atoms with Gasteiger partial charge in [-0.15, -0.1) is 0 Å². The maximum absolute atomic E-state index is 12.1. The lowest BCUT2D eigenvalue weighted by atomic mass is 9.98. The second kappa shape index (κ2) is 6.98. The number of hydrogen-bond donors (Lipinski definition) is 1. The topological polar surface area (TPSA) is 41.6 Å². The second-order valence-corrected chi connectivity index (χ2v) is 6.07. The molecule has 18 heavy (non-hydrogen) atoms. The molecule has 1 atom stereocenters. The van der Waals surface area contributed by atoms with Gasteiger partial charge in [-0.05, 0) is 66.5 Å². The largest absolute Gasteiger partial charge is 0.444 e. The van der Waals surface area contributed by atoms with Gasteiger partial charge in [0, 0.05) is 12.6 Å². The second-order valence-electron chi connectivity index (χ2n) is 6.07. The van der Waals surface area contributed by atoms with Crippen molar-refractivity contribution in [2.24, 2.45) is 0 Å². The zero-order valence-electron chi connectivity index (χ0n) is 12.3. The predicted molar refractivity (Wildman–Crippen MR) is 73.7 cm³/mol. The Morgan fingerprint density at radius 2 is 2.11 bits per heavy atom. The summed E-state index contributed by atoms with van der Waals surface area (Å²) in [4.78, 5) is 14.1. The maximum Gasteiger partial charge on any atom is 0.410 e. The minimum Gasteiger partial charge on any atom is -0.444 e. The van der Waals surface area contributed by atoms with Crippen LogP contribution in [-0.4, -0.2) is 42.8 Å². The van der Waals surface area contributed by atoms with Crippen molar-refractivity contribution in [3.63, 3.8) is 0 Å². The first-order valence-corrected chi connectivity index (χ1v) is 7.08. The Kier molecular flexibility index (Phi) is 5.93. The van der Waals surface area contributed by atoms with Crippen molar-refractivity contribution >= 4 is 6.09 Å². The molecule has 1 heterocycles. The molecule has 1 rings (SSSR count). The number of likely N-dealkylation sites (tertiary alicyclic amines) is 1. The van der Waals surface area contributed by atoms with E-state index >= 15 is 0 Å².